The minimum atomic E-state index is -0.574. The minimum Gasteiger partial charge on any atom is -0.445 e. The van der Waals surface area contributed by atoms with E-state index in [2.05, 4.69) is 11.0 Å². The molecule has 1 aromatic heterocycles. The number of carbonyl (C=O) groups is 2. The summed E-state index contributed by atoms with van der Waals surface area (Å²) in [7, 11) is 0. The predicted octanol–water partition coefficient (Wildman–Crippen LogP) is 4.79. The smallest absolute Gasteiger partial charge is 0.410 e. The monoisotopic (exact) mass is 564 g/mol. The van der Waals surface area contributed by atoms with E-state index in [0.717, 1.165) is 35.5 Å². The van der Waals surface area contributed by atoms with Crippen LogP contribution in [0.2, 0.25) is 0 Å². The molecule has 2 fully saturated rings. The highest BCUT2D eigenvalue weighted by Gasteiger charge is 2.45. The SMILES string of the molecule is CSc1nc2c(c(N3CCN(C(=O)OCc4ccccc4)[C@@H](CC#N)C3)n1)C[C@@H]1C[C@H]2N(C(=O)OC(C)(C)C)C1. The molecule has 0 saturated carbocycles. The van der Waals surface area contributed by atoms with E-state index in [-0.39, 0.29) is 31.2 Å². The summed E-state index contributed by atoms with van der Waals surface area (Å²) in [5.41, 5.74) is 2.28. The summed E-state index contributed by atoms with van der Waals surface area (Å²) >= 11 is 1.47. The van der Waals surface area contributed by atoms with Crippen molar-refractivity contribution in [3.63, 3.8) is 0 Å². The van der Waals surface area contributed by atoms with E-state index in [1.165, 1.54) is 11.8 Å². The van der Waals surface area contributed by atoms with E-state index >= 15 is 0 Å². The number of aromatic nitrogens is 2. The van der Waals surface area contributed by atoms with Crippen LogP contribution in [0.5, 0.6) is 0 Å². The first-order valence-electron chi connectivity index (χ1n) is 13.7. The largest absolute Gasteiger partial charge is 0.445 e. The van der Waals surface area contributed by atoms with E-state index in [0.29, 0.717) is 37.3 Å². The summed E-state index contributed by atoms with van der Waals surface area (Å²) < 4.78 is 11.3. The second kappa shape index (κ2) is 11.5. The first-order chi connectivity index (χ1) is 19.2. The molecule has 5 rings (SSSR count). The number of likely N-dealkylation sites (tertiary alicyclic amines) is 1. The van der Waals surface area contributed by atoms with Gasteiger partial charge >= 0.3 is 12.2 Å². The molecule has 2 bridgehead atoms. The third-order valence-electron chi connectivity index (χ3n) is 7.55. The number of rotatable bonds is 5. The quantitative estimate of drug-likeness (QED) is 0.374. The molecule has 0 radical (unpaired) electrons. The molecule has 1 aliphatic carbocycles. The Morgan fingerprint density at radius 2 is 1.88 bits per heavy atom. The van der Waals surface area contributed by atoms with Gasteiger partial charge in [0.2, 0.25) is 0 Å². The molecule has 0 unspecified atom stereocenters. The van der Waals surface area contributed by atoms with Crippen LogP contribution in [0.15, 0.2) is 35.5 Å². The van der Waals surface area contributed by atoms with Gasteiger partial charge in [0.25, 0.3) is 0 Å². The molecule has 11 heteroatoms. The molecule has 10 nitrogen and oxygen atoms in total. The molecule has 1 aromatic carbocycles. The number of carbonyl (C=O) groups excluding carboxylic acids is 2. The fourth-order valence-electron chi connectivity index (χ4n) is 5.80. The lowest BCUT2D eigenvalue weighted by molar-refractivity contribution is 0.0219. The summed E-state index contributed by atoms with van der Waals surface area (Å²) in [6, 6.07) is 11.3. The molecular weight excluding hydrogens is 528 g/mol. The Kier molecular flexibility index (Phi) is 8.08. The highest BCUT2D eigenvalue weighted by molar-refractivity contribution is 7.98. The Bertz CT molecular complexity index is 1290. The first-order valence-corrected chi connectivity index (χ1v) is 14.9. The van der Waals surface area contributed by atoms with Gasteiger partial charge in [-0.1, -0.05) is 42.1 Å². The van der Waals surface area contributed by atoms with Gasteiger partial charge in [0.05, 0.1) is 30.3 Å². The van der Waals surface area contributed by atoms with Crippen LogP contribution in [0, 0.1) is 17.2 Å². The van der Waals surface area contributed by atoms with Crippen molar-refractivity contribution >= 4 is 29.8 Å². The zero-order valence-corrected chi connectivity index (χ0v) is 24.3. The molecule has 3 heterocycles. The van der Waals surface area contributed by atoms with Gasteiger partial charge in [-0.3, -0.25) is 4.90 Å². The molecule has 0 spiro atoms. The molecular formula is C29H36N6O4S. The van der Waals surface area contributed by atoms with Crippen molar-refractivity contribution in [1.29, 1.82) is 5.26 Å². The average molecular weight is 565 g/mol. The van der Waals surface area contributed by atoms with Crippen LogP contribution in [0.1, 0.15) is 56.5 Å². The topological polar surface area (TPSA) is 112 Å². The standard InChI is InChI=1S/C29H36N6O4S/c1-29(2,3)39-28(37)35-16-20-14-22-24(23(35)15-20)31-26(40-4)32-25(22)33-12-13-34(21(17-33)10-11-30)27(36)38-18-19-8-6-5-7-9-19/h5-9,20-21,23H,10,12-18H2,1-4H3/t20-,21+,23-/m1/s1. The van der Waals surface area contributed by atoms with E-state index < -0.39 is 11.7 Å². The highest BCUT2D eigenvalue weighted by Crippen LogP contribution is 2.46. The van der Waals surface area contributed by atoms with Crippen LogP contribution in [0.4, 0.5) is 15.4 Å². The lowest BCUT2D eigenvalue weighted by Crippen LogP contribution is -2.55. The van der Waals surface area contributed by atoms with Gasteiger partial charge in [-0.25, -0.2) is 19.6 Å². The Morgan fingerprint density at radius 1 is 1.10 bits per heavy atom. The van der Waals surface area contributed by atoms with Crippen LogP contribution in [0.25, 0.3) is 0 Å². The number of amides is 2. The van der Waals surface area contributed by atoms with Crippen molar-refractivity contribution in [3.8, 4) is 6.07 Å². The van der Waals surface area contributed by atoms with Gasteiger partial charge < -0.3 is 19.3 Å². The second-order valence-electron chi connectivity index (χ2n) is 11.5. The van der Waals surface area contributed by atoms with E-state index in [1.807, 2.05) is 62.3 Å². The maximum atomic E-state index is 13.1. The zero-order chi connectivity index (χ0) is 28.4. The summed E-state index contributed by atoms with van der Waals surface area (Å²) in [4.78, 5) is 41.6. The number of hydrogen-bond donors (Lipinski definition) is 0. The Morgan fingerprint density at radius 3 is 2.58 bits per heavy atom. The Hall–Kier alpha value is -3.52. The number of benzene rings is 1. The second-order valence-corrected chi connectivity index (χ2v) is 12.3. The van der Waals surface area contributed by atoms with Crippen molar-refractivity contribution in [2.45, 2.75) is 69.5 Å². The molecule has 40 heavy (non-hydrogen) atoms. The van der Waals surface area contributed by atoms with E-state index in [4.69, 9.17) is 19.4 Å². The highest BCUT2D eigenvalue weighted by atomic mass is 32.2. The normalized spacial score (nSPS) is 22.0. The molecule has 2 aromatic rings. The minimum absolute atomic E-state index is 0.152. The summed E-state index contributed by atoms with van der Waals surface area (Å²) in [6.45, 7) is 7.89. The van der Waals surface area contributed by atoms with Crippen LogP contribution >= 0.6 is 11.8 Å². The fraction of sp³-hybridized carbons (Fsp3) is 0.552. The Labute approximate surface area is 239 Å². The van der Waals surface area contributed by atoms with Gasteiger partial charge in [-0.2, -0.15) is 5.26 Å². The summed E-state index contributed by atoms with van der Waals surface area (Å²) in [5, 5.41) is 10.2. The van der Waals surface area contributed by atoms with Crippen LogP contribution < -0.4 is 4.90 Å². The van der Waals surface area contributed by atoms with E-state index in [9.17, 15) is 14.9 Å². The van der Waals surface area contributed by atoms with Gasteiger partial charge in [0, 0.05) is 31.7 Å². The van der Waals surface area contributed by atoms with Crippen molar-refractivity contribution < 1.29 is 19.1 Å². The van der Waals surface area contributed by atoms with Crippen molar-refractivity contribution in [2.24, 2.45) is 5.92 Å². The summed E-state index contributed by atoms with van der Waals surface area (Å²) in [5.74, 6) is 1.15. The molecule has 3 atom stereocenters. The van der Waals surface area contributed by atoms with Gasteiger partial charge in [-0.15, -0.1) is 0 Å². The van der Waals surface area contributed by atoms with Crippen LogP contribution in [0.3, 0.4) is 0 Å². The number of nitriles is 1. The molecule has 3 aliphatic rings. The van der Waals surface area contributed by atoms with Crippen LogP contribution in [-0.4, -0.2) is 76.0 Å². The first kappa shape index (κ1) is 28.0. The predicted molar refractivity (Wildman–Crippen MR) is 151 cm³/mol. The lowest BCUT2D eigenvalue weighted by Gasteiger charge is -2.41. The number of fused-ring (bicyclic) bond motifs is 4. The van der Waals surface area contributed by atoms with Crippen LogP contribution in [-0.2, 0) is 22.5 Å². The number of ether oxygens (including phenoxy) is 2. The number of hydrogen-bond acceptors (Lipinski definition) is 9. The Balaban J connectivity index is 1.37. The van der Waals surface area contributed by atoms with Gasteiger partial charge in [-0.05, 0) is 51.3 Å². The number of nitrogens with zero attached hydrogens (tertiary/aromatic N) is 6. The van der Waals surface area contributed by atoms with Gasteiger partial charge in [0.15, 0.2) is 5.16 Å². The third-order valence-corrected chi connectivity index (χ3v) is 8.10. The van der Waals surface area contributed by atoms with Crippen molar-refractivity contribution in [3.05, 3.63) is 47.2 Å². The molecule has 2 saturated heterocycles. The van der Waals surface area contributed by atoms with E-state index in [1.54, 1.807) is 4.90 Å². The average Bonchev–Trinajstić information content (AvgIpc) is 3.29. The lowest BCUT2D eigenvalue weighted by atomic mass is 9.87. The maximum Gasteiger partial charge on any atom is 0.410 e. The van der Waals surface area contributed by atoms with Crippen molar-refractivity contribution in [2.75, 3.05) is 37.3 Å². The zero-order valence-electron chi connectivity index (χ0n) is 23.5. The number of anilines is 1. The summed E-state index contributed by atoms with van der Waals surface area (Å²) in [6.07, 6.45) is 3.04. The molecule has 0 N–H and O–H groups in total. The fourth-order valence-corrected chi connectivity index (χ4v) is 6.17. The molecule has 212 valence electrons. The molecule has 2 amide bonds. The number of thioether (sulfide) groups is 1. The third kappa shape index (κ3) is 5.97. The molecule has 2 aliphatic heterocycles. The number of piperazine rings is 1. The van der Waals surface area contributed by atoms with Gasteiger partial charge in [0.1, 0.15) is 18.0 Å². The maximum absolute atomic E-state index is 13.1. The van der Waals surface area contributed by atoms with Crippen molar-refractivity contribution in [1.82, 2.24) is 19.8 Å².